The zero-order chi connectivity index (χ0) is 16.0. The summed E-state index contributed by atoms with van der Waals surface area (Å²) < 4.78 is 1.82. The van der Waals surface area contributed by atoms with Crippen molar-refractivity contribution < 1.29 is 5.11 Å². The van der Waals surface area contributed by atoms with E-state index >= 15 is 0 Å². The first-order valence-electron chi connectivity index (χ1n) is 7.69. The maximum absolute atomic E-state index is 10.3. The number of fused-ring (bicyclic) bond motifs is 5. The highest BCUT2D eigenvalue weighted by Crippen LogP contribution is 2.40. The predicted molar refractivity (Wildman–Crippen MR) is 89.7 cm³/mol. The summed E-state index contributed by atoms with van der Waals surface area (Å²) in [4.78, 5) is 1.99. The third-order valence-electron chi connectivity index (χ3n) is 4.36. The monoisotopic (exact) mass is 306 g/mol. The fraction of sp³-hybridized carbons (Fsp3) is 0.222. The van der Waals surface area contributed by atoms with E-state index in [-0.39, 0.29) is 0 Å². The topological polar surface area (TPSA) is 54.2 Å². The van der Waals surface area contributed by atoms with Crippen LogP contribution in [0.25, 0.3) is 22.5 Å². The van der Waals surface area contributed by atoms with E-state index in [0.29, 0.717) is 6.54 Å². The normalized spacial score (nSPS) is 14.3. The van der Waals surface area contributed by atoms with Crippen molar-refractivity contribution in [2.75, 3.05) is 4.90 Å². The number of benzene rings is 2. The van der Waals surface area contributed by atoms with Gasteiger partial charge >= 0.3 is 0 Å². The van der Waals surface area contributed by atoms with Gasteiger partial charge in [0.25, 0.3) is 0 Å². The van der Waals surface area contributed by atoms with Crippen LogP contribution in [0.5, 0.6) is 0 Å². The maximum atomic E-state index is 10.3. The molecule has 116 valence electrons. The minimum Gasteiger partial charge on any atom is -0.374 e. The first-order chi connectivity index (χ1) is 11.2. The van der Waals surface area contributed by atoms with Crippen LogP contribution in [0, 0.1) is 0 Å². The fourth-order valence-electron chi connectivity index (χ4n) is 3.26. The van der Waals surface area contributed by atoms with Gasteiger partial charge in [0.15, 0.2) is 0 Å². The second kappa shape index (κ2) is 5.21. The van der Waals surface area contributed by atoms with Crippen molar-refractivity contribution >= 4 is 5.69 Å². The molecule has 0 spiro atoms. The lowest BCUT2D eigenvalue weighted by atomic mass is 9.95. The van der Waals surface area contributed by atoms with Gasteiger partial charge in [-0.1, -0.05) is 47.7 Å². The van der Waals surface area contributed by atoms with Crippen molar-refractivity contribution in [3.8, 4) is 22.5 Å². The first-order valence-corrected chi connectivity index (χ1v) is 7.69. The molecule has 5 heteroatoms. The van der Waals surface area contributed by atoms with Crippen LogP contribution in [0.2, 0.25) is 0 Å². The van der Waals surface area contributed by atoms with E-state index < -0.39 is 6.23 Å². The summed E-state index contributed by atoms with van der Waals surface area (Å²) in [5.41, 5.74) is 6.08. The molecule has 1 unspecified atom stereocenters. The second-order valence-corrected chi connectivity index (χ2v) is 5.84. The van der Waals surface area contributed by atoms with E-state index in [2.05, 4.69) is 22.4 Å². The fourth-order valence-corrected chi connectivity index (χ4v) is 3.26. The van der Waals surface area contributed by atoms with Crippen LogP contribution in [-0.4, -0.2) is 26.3 Å². The highest BCUT2D eigenvalue weighted by Gasteiger charge is 2.26. The Kier molecular flexibility index (Phi) is 3.16. The van der Waals surface area contributed by atoms with Crippen LogP contribution in [0.15, 0.2) is 48.5 Å². The van der Waals surface area contributed by atoms with E-state index in [4.69, 9.17) is 0 Å². The number of rotatable bonds is 1. The Morgan fingerprint density at radius 1 is 1.04 bits per heavy atom. The van der Waals surface area contributed by atoms with Gasteiger partial charge in [-0.15, -0.1) is 5.10 Å². The Bertz CT molecular complexity index is 869. The molecule has 1 aromatic heterocycles. The summed E-state index contributed by atoms with van der Waals surface area (Å²) >= 11 is 0. The summed E-state index contributed by atoms with van der Waals surface area (Å²) in [6.07, 6.45) is -0.595. The quantitative estimate of drug-likeness (QED) is 0.751. The van der Waals surface area contributed by atoms with Gasteiger partial charge in [-0.2, -0.15) is 0 Å². The Morgan fingerprint density at radius 2 is 1.74 bits per heavy atom. The van der Waals surface area contributed by atoms with Gasteiger partial charge in [-0.25, -0.2) is 4.68 Å². The number of aliphatic hydroxyl groups excluding tert-OH is 1. The van der Waals surface area contributed by atoms with Gasteiger partial charge in [0, 0.05) is 30.4 Å². The lowest BCUT2D eigenvalue weighted by molar-refractivity contribution is 0.187. The summed E-state index contributed by atoms with van der Waals surface area (Å²) in [5.74, 6) is 0. The van der Waals surface area contributed by atoms with Gasteiger partial charge < -0.3 is 10.0 Å². The molecule has 4 rings (SSSR count). The number of para-hydroxylation sites is 1. The molecule has 0 fully saturated rings. The highest BCUT2D eigenvalue weighted by molar-refractivity contribution is 5.88. The number of aliphatic hydroxyl groups is 1. The molecule has 1 aliphatic heterocycles. The van der Waals surface area contributed by atoms with Crippen molar-refractivity contribution in [2.24, 2.45) is 7.05 Å². The van der Waals surface area contributed by atoms with Crippen molar-refractivity contribution in [2.45, 2.75) is 19.7 Å². The summed E-state index contributed by atoms with van der Waals surface area (Å²) in [7, 11) is 1.92. The molecular formula is C18H18N4O. The first kappa shape index (κ1) is 14.0. The van der Waals surface area contributed by atoms with Crippen LogP contribution in [0.3, 0.4) is 0 Å². The van der Waals surface area contributed by atoms with E-state index in [9.17, 15) is 5.11 Å². The molecule has 23 heavy (non-hydrogen) atoms. The zero-order valence-electron chi connectivity index (χ0n) is 13.1. The van der Waals surface area contributed by atoms with Crippen LogP contribution in [0.4, 0.5) is 5.69 Å². The zero-order valence-corrected chi connectivity index (χ0v) is 13.1. The van der Waals surface area contributed by atoms with Crippen LogP contribution >= 0.6 is 0 Å². The maximum Gasteiger partial charge on any atom is 0.124 e. The van der Waals surface area contributed by atoms with Crippen LogP contribution < -0.4 is 4.90 Å². The minimum atomic E-state index is -0.595. The molecule has 2 aromatic carbocycles. The van der Waals surface area contributed by atoms with Crippen molar-refractivity contribution in [1.29, 1.82) is 0 Å². The third-order valence-corrected chi connectivity index (χ3v) is 4.36. The SMILES string of the molecule is CC(O)N1Cc2ccccc2-c2c(nnn2C)-c2ccccc21. The standard InChI is InChI=1S/C18H18N4O/c1-12(23)22-11-13-7-3-4-8-14(13)18-17(19-20-21(18)2)15-9-5-6-10-16(15)22/h3-10,12,23H,11H2,1-2H3. The molecule has 1 aliphatic rings. The van der Waals surface area contributed by atoms with E-state index in [1.54, 1.807) is 6.92 Å². The Morgan fingerprint density at radius 3 is 2.52 bits per heavy atom. The van der Waals surface area contributed by atoms with Crippen molar-refractivity contribution in [1.82, 2.24) is 15.0 Å². The molecule has 0 saturated carbocycles. The predicted octanol–water partition coefficient (Wildman–Crippen LogP) is 2.81. The Hall–Kier alpha value is -2.66. The van der Waals surface area contributed by atoms with Crippen molar-refractivity contribution in [3.63, 3.8) is 0 Å². The van der Waals surface area contributed by atoms with E-state index in [1.165, 1.54) is 0 Å². The molecule has 1 N–H and O–H groups in total. The molecule has 0 bridgehead atoms. The summed E-state index contributed by atoms with van der Waals surface area (Å²) in [5, 5.41) is 18.9. The third kappa shape index (κ3) is 2.12. The smallest absolute Gasteiger partial charge is 0.124 e. The number of nitrogens with zero attached hydrogens (tertiary/aromatic N) is 4. The lowest BCUT2D eigenvalue weighted by Crippen LogP contribution is -2.33. The molecule has 2 heterocycles. The minimum absolute atomic E-state index is 0.595. The van der Waals surface area contributed by atoms with Gasteiger partial charge in [0.1, 0.15) is 11.9 Å². The molecule has 0 radical (unpaired) electrons. The van der Waals surface area contributed by atoms with Crippen LogP contribution in [-0.2, 0) is 13.6 Å². The molecule has 1 atom stereocenters. The summed E-state index contributed by atoms with van der Waals surface area (Å²) in [6, 6.07) is 16.3. The van der Waals surface area contributed by atoms with E-state index in [1.807, 2.05) is 53.0 Å². The molecule has 0 amide bonds. The van der Waals surface area contributed by atoms with Gasteiger partial charge in [-0.3, -0.25) is 0 Å². The number of hydrogen-bond acceptors (Lipinski definition) is 4. The number of anilines is 1. The van der Waals surface area contributed by atoms with Crippen LogP contribution in [0.1, 0.15) is 12.5 Å². The van der Waals surface area contributed by atoms with Crippen molar-refractivity contribution in [3.05, 3.63) is 54.1 Å². The Labute approximate surface area is 134 Å². The highest BCUT2D eigenvalue weighted by atomic mass is 16.3. The molecule has 3 aromatic rings. The van der Waals surface area contributed by atoms with Gasteiger partial charge in [0.2, 0.25) is 0 Å². The molecule has 0 saturated heterocycles. The number of aromatic nitrogens is 3. The number of aryl methyl sites for hydroxylation is 1. The lowest BCUT2D eigenvalue weighted by Gasteiger charge is -2.32. The average Bonchev–Trinajstić information content (AvgIpc) is 2.92. The Balaban J connectivity index is 2.08. The average molecular weight is 306 g/mol. The number of hydrogen-bond donors (Lipinski definition) is 1. The second-order valence-electron chi connectivity index (χ2n) is 5.84. The van der Waals surface area contributed by atoms with Gasteiger partial charge in [0.05, 0.1) is 5.69 Å². The largest absolute Gasteiger partial charge is 0.374 e. The molecular weight excluding hydrogens is 288 g/mol. The van der Waals surface area contributed by atoms with E-state index in [0.717, 1.165) is 33.8 Å². The summed E-state index contributed by atoms with van der Waals surface area (Å²) in [6.45, 7) is 2.42. The van der Waals surface area contributed by atoms with Gasteiger partial charge in [-0.05, 0) is 18.6 Å². The molecule has 0 aliphatic carbocycles. The molecule has 5 nitrogen and oxygen atoms in total.